The number of alkyl halides is 1. The molecule has 1 fully saturated rings. The molecule has 0 spiro atoms. The average Bonchev–Trinajstić information content (AvgIpc) is 2.00. The molecule has 0 unspecified atom stereocenters. The zero-order valence-electron chi connectivity index (χ0n) is 7.47. The quantitative estimate of drug-likeness (QED) is 0.466. The fourth-order valence-corrected chi connectivity index (χ4v) is 2.27. The van der Waals surface area contributed by atoms with Gasteiger partial charge < -0.3 is 5.11 Å². The summed E-state index contributed by atoms with van der Waals surface area (Å²) >= 11 is 5.94. The Balaban J connectivity index is 2.98. The normalized spacial score (nSPS) is 40.4. The third-order valence-electron chi connectivity index (χ3n) is 2.91. The van der Waals surface area contributed by atoms with E-state index in [2.05, 4.69) is 0 Å². The van der Waals surface area contributed by atoms with Crippen LogP contribution in [0.25, 0.3) is 0 Å². The van der Waals surface area contributed by atoms with Crippen molar-refractivity contribution in [2.75, 3.05) is 0 Å². The number of halogens is 1. The summed E-state index contributed by atoms with van der Waals surface area (Å²) in [5.74, 6) is 0. The molecule has 0 aromatic heterocycles. The number of hydrogen-bond donors (Lipinski definition) is 1. The van der Waals surface area contributed by atoms with E-state index in [-0.39, 0.29) is 5.41 Å². The Bertz CT molecular complexity index is 221. The van der Waals surface area contributed by atoms with Crippen LogP contribution in [0.5, 0.6) is 0 Å². The summed E-state index contributed by atoms with van der Waals surface area (Å²) in [7, 11) is 0. The molecule has 12 heavy (non-hydrogen) atoms. The van der Waals surface area contributed by atoms with Gasteiger partial charge in [-0.25, -0.2) is 0 Å². The molecule has 1 aliphatic rings. The predicted octanol–water partition coefficient (Wildman–Crippen LogP) is 2.06. The van der Waals surface area contributed by atoms with Gasteiger partial charge in [0.15, 0.2) is 5.60 Å². The van der Waals surface area contributed by atoms with Crippen molar-refractivity contribution in [2.24, 2.45) is 5.41 Å². The standard InChI is InChI=1S/C9H14ClNO/c1-8(2)5-3-4-7(10)9(8,12)6-11/h7,12H,3-5H2,1-2H3/t7-,9+/m0/s1. The van der Waals surface area contributed by atoms with Crippen LogP contribution in [0.1, 0.15) is 33.1 Å². The van der Waals surface area contributed by atoms with Crippen LogP contribution in [0.4, 0.5) is 0 Å². The molecule has 0 saturated heterocycles. The first-order chi connectivity index (χ1) is 5.44. The van der Waals surface area contributed by atoms with Crippen LogP contribution in [0.15, 0.2) is 0 Å². The van der Waals surface area contributed by atoms with Gasteiger partial charge in [0.1, 0.15) is 0 Å². The second-order valence-electron chi connectivity index (χ2n) is 4.12. The fourth-order valence-electron chi connectivity index (χ4n) is 1.77. The van der Waals surface area contributed by atoms with Crippen molar-refractivity contribution in [3.63, 3.8) is 0 Å². The zero-order chi connectivity index (χ0) is 9.41. The van der Waals surface area contributed by atoms with E-state index in [4.69, 9.17) is 16.9 Å². The van der Waals surface area contributed by atoms with Crippen molar-refractivity contribution < 1.29 is 5.11 Å². The molecule has 68 valence electrons. The summed E-state index contributed by atoms with van der Waals surface area (Å²) in [6.45, 7) is 3.79. The van der Waals surface area contributed by atoms with Crippen molar-refractivity contribution >= 4 is 11.6 Å². The lowest BCUT2D eigenvalue weighted by Gasteiger charge is -2.44. The number of hydrogen-bond acceptors (Lipinski definition) is 2. The second-order valence-corrected chi connectivity index (χ2v) is 4.65. The van der Waals surface area contributed by atoms with E-state index in [1.54, 1.807) is 0 Å². The van der Waals surface area contributed by atoms with Crippen LogP contribution in [-0.2, 0) is 0 Å². The van der Waals surface area contributed by atoms with E-state index >= 15 is 0 Å². The molecule has 0 heterocycles. The van der Waals surface area contributed by atoms with Gasteiger partial charge in [0.2, 0.25) is 0 Å². The average molecular weight is 188 g/mol. The van der Waals surface area contributed by atoms with Crippen LogP contribution >= 0.6 is 11.6 Å². The Kier molecular flexibility index (Phi) is 2.38. The molecule has 1 saturated carbocycles. The Labute approximate surface area is 78.1 Å². The van der Waals surface area contributed by atoms with Crippen molar-refractivity contribution in [1.29, 1.82) is 5.26 Å². The molecule has 0 radical (unpaired) electrons. The zero-order valence-corrected chi connectivity index (χ0v) is 8.23. The van der Waals surface area contributed by atoms with Crippen LogP contribution in [0, 0.1) is 16.7 Å². The van der Waals surface area contributed by atoms with Crippen molar-refractivity contribution in [3.8, 4) is 6.07 Å². The van der Waals surface area contributed by atoms with Crippen LogP contribution < -0.4 is 0 Å². The number of nitrogens with zero attached hydrogens (tertiary/aromatic N) is 1. The maximum Gasteiger partial charge on any atom is 0.172 e. The molecular formula is C9H14ClNO. The smallest absolute Gasteiger partial charge is 0.172 e. The molecule has 0 bridgehead atoms. The summed E-state index contributed by atoms with van der Waals surface area (Å²) in [6, 6.07) is 1.94. The largest absolute Gasteiger partial charge is 0.373 e. The van der Waals surface area contributed by atoms with E-state index in [1.807, 2.05) is 19.9 Å². The summed E-state index contributed by atoms with van der Waals surface area (Å²) in [5, 5.41) is 18.4. The molecule has 1 rings (SSSR count). The topological polar surface area (TPSA) is 44.0 Å². The lowest BCUT2D eigenvalue weighted by Crippen LogP contribution is -2.53. The number of rotatable bonds is 0. The van der Waals surface area contributed by atoms with Gasteiger partial charge in [-0.05, 0) is 12.8 Å². The lowest BCUT2D eigenvalue weighted by molar-refractivity contribution is -0.0459. The third kappa shape index (κ3) is 1.22. The predicted molar refractivity (Wildman–Crippen MR) is 47.8 cm³/mol. The molecule has 3 heteroatoms. The highest BCUT2D eigenvalue weighted by Crippen LogP contribution is 2.45. The monoisotopic (exact) mass is 187 g/mol. The fraction of sp³-hybridized carbons (Fsp3) is 0.889. The Hall–Kier alpha value is -0.260. The molecule has 0 aliphatic heterocycles. The summed E-state index contributed by atoms with van der Waals surface area (Å²) in [5.41, 5.74) is -1.74. The summed E-state index contributed by atoms with van der Waals surface area (Å²) < 4.78 is 0. The second kappa shape index (κ2) is 2.90. The first-order valence-electron chi connectivity index (χ1n) is 4.22. The van der Waals surface area contributed by atoms with Crippen LogP contribution in [-0.4, -0.2) is 16.1 Å². The molecule has 2 nitrogen and oxygen atoms in total. The van der Waals surface area contributed by atoms with E-state index in [0.29, 0.717) is 0 Å². The van der Waals surface area contributed by atoms with Crippen molar-refractivity contribution in [3.05, 3.63) is 0 Å². The Morgan fingerprint density at radius 1 is 1.58 bits per heavy atom. The SMILES string of the molecule is CC1(C)CCC[C@H](Cl)[C@]1(O)C#N. The maximum atomic E-state index is 9.98. The molecule has 0 aromatic carbocycles. The van der Waals surface area contributed by atoms with Crippen molar-refractivity contribution in [2.45, 2.75) is 44.1 Å². The molecule has 1 N–H and O–H groups in total. The van der Waals surface area contributed by atoms with Gasteiger partial charge in [0.25, 0.3) is 0 Å². The number of aliphatic hydroxyl groups is 1. The Morgan fingerprint density at radius 2 is 2.17 bits per heavy atom. The minimum atomic E-state index is -1.35. The highest BCUT2D eigenvalue weighted by molar-refractivity contribution is 6.21. The highest BCUT2D eigenvalue weighted by atomic mass is 35.5. The Morgan fingerprint density at radius 3 is 2.50 bits per heavy atom. The van der Waals surface area contributed by atoms with E-state index in [9.17, 15) is 5.11 Å². The maximum absolute atomic E-state index is 9.98. The highest BCUT2D eigenvalue weighted by Gasteiger charge is 2.51. The van der Waals surface area contributed by atoms with Gasteiger partial charge in [0.05, 0.1) is 11.4 Å². The molecule has 1 aliphatic carbocycles. The van der Waals surface area contributed by atoms with Gasteiger partial charge in [-0.15, -0.1) is 11.6 Å². The molecule has 0 amide bonds. The lowest BCUT2D eigenvalue weighted by atomic mass is 9.66. The molecule has 0 aromatic rings. The van der Waals surface area contributed by atoms with Crippen molar-refractivity contribution in [1.82, 2.24) is 0 Å². The molecule has 2 atom stereocenters. The van der Waals surface area contributed by atoms with Gasteiger partial charge in [-0.2, -0.15) is 5.26 Å². The third-order valence-corrected chi connectivity index (χ3v) is 3.45. The van der Waals surface area contributed by atoms with Crippen LogP contribution in [0.2, 0.25) is 0 Å². The van der Waals surface area contributed by atoms with Gasteiger partial charge in [-0.1, -0.05) is 20.3 Å². The van der Waals surface area contributed by atoms with E-state index in [0.717, 1.165) is 19.3 Å². The van der Waals surface area contributed by atoms with E-state index in [1.165, 1.54) is 0 Å². The van der Waals surface area contributed by atoms with Gasteiger partial charge in [0, 0.05) is 5.41 Å². The minimum absolute atomic E-state index is 0.383. The van der Waals surface area contributed by atoms with Gasteiger partial charge in [-0.3, -0.25) is 0 Å². The van der Waals surface area contributed by atoms with Gasteiger partial charge >= 0.3 is 0 Å². The van der Waals surface area contributed by atoms with E-state index < -0.39 is 11.0 Å². The van der Waals surface area contributed by atoms with Crippen LogP contribution in [0.3, 0.4) is 0 Å². The first kappa shape index (κ1) is 9.83. The minimum Gasteiger partial charge on any atom is -0.373 e. The summed E-state index contributed by atoms with van der Waals surface area (Å²) in [4.78, 5) is 0. The molecular weight excluding hydrogens is 174 g/mol. The summed E-state index contributed by atoms with van der Waals surface area (Å²) in [6.07, 6.45) is 2.58. The first-order valence-corrected chi connectivity index (χ1v) is 4.65. The number of nitriles is 1.